The lowest BCUT2D eigenvalue weighted by molar-refractivity contribution is -0.121. The minimum absolute atomic E-state index is 0.0700. The minimum Gasteiger partial charge on any atom is -0.371 e. The third-order valence-electron chi connectivity index (χ3n) is 5.77. The molecule has 1 amide bonds. The Morgan fingerprint density at radius 3 is 2.35 bits per heavy atom. The summed E-state index contributed by atoms with van der Waals surface area (Å²) in [6.45, 7) is 8.28. The van der Waals surface area contributed by atoms with Crippen molar-refractivity contribution in [3.05, 3.63) is 29.8 Å². The van der Waals surface area contributed by atoms with Gasteiger partial charge in [-0.15, -0.1) is 0 Å². The van der Waals surface area contributed by atoms with E-state index in [0.717, 1.165) is 25.4 Å². The second-order valence-corrected chi connectivity index (χ2v) is 8.64. The number of anilines is 1. The molecule has 0 aliphatic heterocycles. The van der Waals surface area contributed by atoms with Gasteiger partial charge in [-0.25, -0.2) is 0 Å². The normalized spacial score (nSPS) is 16.6. The highest BCUT2D eigenvalue weighted by Gasteiger charge is 2.15. The van der Waals surface area contributed by atoms with Crippen molar-refractivity contribution < 1.29 is 4.79 Å². The van der Waals surface area contributed by atoms with Crippen LogP contribution in [-0.4, -0.2) is 19.0 Å². The zero-order valence-corrected chi connectivity index (χ0v) is 17.0. The summed E-state index contributed by atoms with van der Waals surface area (Å²) in [4.78, 5) is 13.7. The molecule has 1 atom stereocenters. The molecule has 2 rings (SSSR count). The van der Waals surface area contributed by atoms with Crippen molar-refractivity contribution in [1.29, 1.82) is 0 Å². The first kappa shape index (κ1) is 20.8. The average Bonchev–Trinajstić information content (AvgIpc) is 2.64. The van der Waals surface area contributed by atoms with Crippen LogP contribution in [0.3, 0.4) is 0 Å². The number of primary amides is 1. The summed E-state index contributed by atoms with van der Waals surface area (Å²) < 4.78 is 0. The molecule has 1 aromatic rings. The molecule has 2 N–H and O–H groups in total. The van der Waals surface area contributed by atoms with E-state index in [-0.39, 0.29) is 11.8 Å². The number of aryl methyl sites for hydroxylation is 1. The van der Waals surface area contributed by atoms with Crippen LogP contribution in [0.2, 0.25) is 0 Å². The van der Waals surface area contributed by atoms with Crippen molar-refractivity contribution in [2.45, 2.75) is 72.1 Å². The summed E-state index contributed by atoms with van der Waals surface area (Å²) in [6.07, 6.45) is 10.5. The lowest BCUT2D eigenvalue weighted by atomic mass is 9.85. The lowest BCUT2D eigenvalue weighted by Crippen LogP contribution is -2.32. The van der Waals surface area contributed by atoms with Gasteiger partial charge in [-0.05, 0) is 48.8 Å². The highest BCUT2D eigenvalue weighted by atomic mass is 16.1. The van der Waals surface area contributed by atoms with Crippen molar-refractivity contribution in [2.75, 3.05) is 18.0 Å². The van der Waals surface area contributed by atoms with Gasteiger partial charge in [0.1, 0.15) is 0 Å². The van der Waals surface area contributed by atoms with Crippen molar-refractivity contribution in [3.8, 4) is 0 Å². The van der Waals surface area contributed by atoms with Crippen molar-refractivity contribution in [3.63, 3.8) is 0 Å². The summed E-state index contributed by atoms with van der Waals surface area (Å²) >= 11 is 0. The largest absolute Gasteiger partial charge is 0.371 e. The summed E-state index contributed by atoms with van der Waals surface area (Å²) in [5, 5.41) is 0. The molecule has 1 saturated carbocycles. The maximum Gasteiger partial charge on any atom is 0.220 e. The van der Waals surface area contributed by atoms with E-state index in [1.54, 1.807) is 0 Å². The number of hydrogen-bond donors (Lipinski definition) is 1. The number of carbonyl (C=O) groups excluding carboxylic acids is 1. The fraction of sp³-hybridized carbons (Fsp3) is 0.696. The van der Waals surface area contributed by atoms with Crippen molar-refractivity contribution in [1.82, 2.24) is 0 Å². The van der Waals surface area contributed by atoms with Crippen LogP contribution in [0.25, 0.3) is 0 Å². The Bertz CT molecular complexity index is 532. The molecule has 26 heavy (non-hydrogen) atoms. The topological polar surface area (TPSA) is 46.3 Å². The Balaban J connectivity index is 1.91. The monoisotopic (exact) mass is 358 g/mol. The Morgan fingerprint density at radius 1 is 1.12 bits per heavy atom. The molecule has 0 spiro atoms. The van der Waals surface area contributed by atoms with Gasteiger partial charge in [0.25, 0.3) is 0 Å². The highest BCUT2D eigenvalue weighted by Crippen LogP contribution is 2.28. The first-order chi connectivity index (χ1) is 12.5. The third kappa shape index (κ3) is 7.01. The van der Waals surface area contributed by atoms with E-state index in [9.17, 15) is 4.79 Å². The number of nitrogens with zero attached hydrogens (tertiary/aromatic N) is 1. The van der Waals surface area contributed by atoms with E-state index >= 15 is 0 Å². The standard InChI is InChI=1S/C23H38N2O/c1-18(2)17-25(16-15-19(3)23(24)26)22-13-11-21(12-14-22)10-9-20-7-5-4-6-8-20/h11-14,18-20H,4-10,15-17H2,1-3H3,(H2,24,26). The average molecular weight is 359 g/mol. The molecule has 0 aromatic heterocycles. The Morgan fingerprint density at radius 2 is 1.77 bits per heavy atom. The van der Waals surface area contributed by atoms with Crippen LogP contribution in [0.4, 0.5) is 5.69 Å². The van der Waals surface area contributed by atoms with E-state index in [0.29, 0.717) is 5.92 Å². The van der Waals surface area contributed by atoms with Gasteiger partial charge in [0.05, 0.1) is 0 Å². The summed E-state index contributed by atoms with van der Waals surface area (Å²) in [7, 11) is 0. The quantitative estimate of drug-likeness (QED) is 0.627. The van der Waals surface area contributed by atoms with Gasteiger partial charge >= 0.3 is 0 Å². The van der Waals surface area contributed by atoms with Gasteiger partial charge in [-0.3, -0.25) is 4.79 Å². The molecule has 3 heteroatoms. The molecule has 1 unspecified atom stereocenters. The fourth-order valence-corrected chi connectivity index (χ4v) is 3.98. The number of benzene rings is 1. The van der Waals surface area contributed by atoms with E-state index in [1.165, 1.54) is 56.2 Å². The van der Waals surface area contributed by atoms with Gasteiger partial charge in [0.15, 0.2) is 0 Å². The molecular weight excluding hydrogens is 320 g/mol. The molecule has 0 bridgehead atoms. The van der Waals surface area contributed by atoms with Crippen LogP contribution < -0.4 is 10.6 Å². The maximum atomic E-state index is 11.3. The lowest BCUT2D eigenvalue weighted by Gasteiger charge is -2.28. The Labute approximate surface area is 160 Å². The molecule has 146 valence electrons. The molecule has 3 nitrogen and oxygen atoms in total. The molecule has 0 saturated heterocycles. The van der Waals surface area contributed by atoms with E-state index < -0.39 is 0 Å². The zero-order chi connectivity index (χ0) is 18.9. The first-order valence-electron chi connectivity index (χ1n) is 10.6. The second-order valence-electron chi connectivity index (χ2n) is 8.64. The molecule has 1 aliphatic rings. The molecular formula is C23H38N2O. The van der Waals surface area contributed by atoms with Crippen LogP contribution in [0.1, 0.15) is 71.3 Å². The van der Waals surface area contributed by atoms with Crippen LogP contribution in [-0.2, 0) is 11.2 Å². The highest BCUT2D eigenvalue weighted by molar-refractivity contribution is 5.76. The molecule has 1 aromatic carbocycles. The summed E-state index contributed by atoms with van der Waals surface area (Å²) in [5.41, 5.74) is 8.13. The molecule has 0 heterocycles. The SMILES string of the molecule is CC(C)CN(CCC(C)C(N)=O)c1ccc(CCC2CCCCC2)cc1. The number of hydrogen-bond acceptors (Lipinski definition) is 2. The zero-order valence-electron chi connectivity index (χ0n) is 17.0. The number of carbonyl (C=O) groups is 1. The summed E-state index contributed by atoms with van der Waals surface area (Å²) in [5.74, 6) is 1.26. The van der Waals surface area contributed by atoms with E-state index in [4.69, 9.17) is 5.73 Å². The third-order valence-corrected chi connectivity index (χ3v) is 5.77. The number of rotatable bonds is 10. The van der Waals surface area contributed by atoms with Crippen LogP contribution in [0, 0.1) is 17.8 Å². The van der Waals surface area contributed by atoms with Crippen LogP contribution in [0.15, 0.2) is 24.3 Å². The van der Waals surface area contributed by atoms with Gasteiger partial charge in [0.2, 0.25) is 5.91 Å². The summed E-state index contributed by atoms with van der Waals surface area (Å²) in [6, 6.07) is 9.10. The van der Waals surface area contributed by atoms with Gasteiger partial charge in [-0.2, -0.15) is 0 Å². The van der Waals surface area contributed by atoms with E-state index in [1.807, 2.05) is 6.92 Å². The van der Waals surface area contributed by atoms with Crippen molar-refractivity contribution in [2.24, 2.45) is 23.5 Å². The smallest absolute Gasteiger partial charge is 0.220 e. The van der Waals surface area contributed by atoms with Crippen LogP contribution >= 0.6 is 0 Å². The van der Waals surface area contributed by atoms with Gasteiger partial charge in [-0.1, -0.05) is 65.0 Å². The van der Waals surface area contributed by atoms with Crippen LogP contribution in [0.5, 0.6) is 0 Å². The Kier molecular flexibility index (Phi) is 8.47. The number of amides is 1. The molecule has 1 aliphatic carbocycles. The van der Waals surface area contributed by atoms with Gasteiger partial charge < -0.3 is 10.6 Å². The molecule has 1 fully saturated rings. The fourth-order valence-electron chi connectivity index (χ4n) is 3.98. The van der Waals surface area contributed by atoms with Crippen molar-refractivity contribution >= 4 is 11.6 Å². The molecule has 0 radical (unpaired) electrons. The second kappa shape index (κ2) is 10.6. The minimum atomic E-state index is -0.201. The number of nitrogens with two attached hydrogens (primary N) is 1. The predicted octanol–water partition coefficient (Wildman–Crippen LogP) is 5.17. The first-order valence-corrected chi connectivity index (χ1v) is 10.6. The Hall–Kier alpha value is -1.51. The predicted molar refractivity (Wildman–Crippen MR) is 111 cm³/mol. The maximum absolute atomic E-state index is 11.3. The van der Waals surface area contributed by atoms with E-state index in [2.05, 4.69) is 43.0 Å². The van der Waals surface area contributed by atoms with Gasteiger partial charge in [0, 0.05) is 24.7 Å².